The number of phenols is 2. The van der Waals surface area contributed by atoms with Gasteiger partial charge in [0, 0.05) is 42.1 Å². The lowest BCUT2D eigenvalue weighted by atomic mass is 9.75. The van der Waals surface area contributed by atoms with Crippen LogP contribution < -0.4 is 9.47 Å². The number of Topliss-reactive ketones (excluding diaryl/α,β-unsaturated/α-hetero) is 1. The summed E-state index contributed by atoms with van der Waals surface area (Å²) in [5.74, 6) is -0.850. The summed E-state index contributed by atoms with van der Waals surface area (Å²) in [5, 5.41) is 59.6. The second-order valence-electron chi connectivity index (χ2n) is 18.1. The minimum Gasteiger partial charge on any atom is -0.508 e. The zero-order valence-electron chi connectivity index (χ0n) is 36.6. The molecule has 4 heterocycles. The number of rotatable bonds is 9. The summed E-state index contributed by atoms with van der Waals surface area (Å²) in [6.07, 6.45) is 12.5. The number of carbonyl (C=O) groups excluding carboxylic acids is 2. The zero-order chi connectivity index (χ0) is 46.1. The number of methoxy groups -OCH3 is 1. The molecule has 11 rings (SSSR count). The Balaban J connectivity index is 1.11. The van der Waals surface area contributed by atoms with E-state index in [1.54, 1.807) is 48.7 Å². The molecule has 0 unspecified atom stereocenters. The summed E-state index contributed by atoms with van der Waals surface area (Å²) < 4.78 is 32.3. The number of carbonyl (C=O) groups is 2. The number of phenolic OH excluding ortho intramolecular Hbond substituents is 2. The highest BCUT2D eigenvalue weighted by Gasteiger charge is 2.58. The van der Waals surface area contributed by atoms with E-state index in [2.05, 4.69) is 11.1 Å². The lowest BCUT2D eigenvalue weighted by Crippen LogP contribution is -2.70. The molecule has 3 aliphatic carbocycles. The Morgan fingerprint density at radius 1 is 1.06 bits per heavy atom. The highest BCUT2D eigenvalue weighted by molar-refractivity contribution is 6.14. The fourth-order valence-electron chi connectivity index (χ4n) is 10.9. The zero-order valence-corrected chi connectivity index (χ0v) is 36.6. The van der Waals surface area contributed by atoms with Crippen molar-refractivity contribution in [2.45, 2.75) is 74.6 Å². The summed E-state index contributed by atoms with van der Waals surface area (Å²) in [4.78, 5) is 34.8. The highest BCUT2D eigenvalue weighted by atomic mass is 16.7. The third-order valence-electron chi connectivity index (χ3n) is 14.2. The second kappa shape index (κ2) is 17.0. The molecule has 0 spiro atoms. The number of aliphatic hydroxyl groups is 3. The lowest BCUT2D eigenvalue weighted by Gasteiger charge is -2.48. The number of aliphatic hydroxyl groups excluding tert-OH is 2. The van der Waals surface area contributed by atoms with Crippen molar-refractivity contribution < 1.29 is 58.8 Å². The number of allylic oxidation sites excluding steroid dienone is 5. The summed E-state index contributed by atoms with van der Waals surface area (Å²) >= 11 is 0. The van der Waals surface area contributed by atoms with E-state index < -0.39 is 48.7 Å². The molecule has 5 N–H and O–H groups in total. The molecule has 4 aliphatic heterocycles. The molecule has 2 fully saturated rings. The van der Waals surface area contributed by atoms with Crippen molar-refractivity contribution in [1.29, 1.82) is 0 Å². The number of amides is 1. The van der Waals surface area contributed by atoms with Gasteiger partial charge in [-0.15, -0.1) is 0 Å². The maximum Gasteiger partial charge on any atom is 0.254 e. The van der Waals surface area contributed by atoms with Crippen LogP contribution in [0.4, 0.5) is 0 Å². The Hall–Kier alpha value is -6.52. The normalized spacial score (nSPS) is 28.4. The van der Waals surface area contributed by atoms with Crippen LogP contribution in [0, 0.1) is 12.3 Å². The number of aliphatic imine (C=N–C) groups is 1. The molecule has 67 heavy (non-hydrogen) atoms. The van der Waals surface area contributed by atoms with Gasteiger partial charge in [-0.3, -0.25) is 9.59 Å². The minimum absolute atomic E-state index is 0.0160. The molecule has 0 radical (unpaired) electrons. The van der Waals surface area contributed by atoms with Crippen LogP contribution in [0.3, 0.4) is 0 Å². The fraction of sp³-hybridized carbons (Fsp3) is 0.321. The molecule has 1 amide bonds. The summed E-state index contributed by atoms with van der Waals surface area (Å²) in [6, 6.07) is 15.3. The van der Waals surface area contributed by atoms with Crippen LogP contribution >= 0.6 is 0 Å². The lowest BCUT2D eigenvalue weighted by molar-refractivity contribution is -0.337. The van der Waals surface area contributed by atoms with Crippen LogP contribution in [0.25, 0.3) is 22.9 Å². The minimum atomic E-state index is -2.47. The molecular formula is C53H49N2O12+. The molecule has 14 nitrogen and oxygen atoms in total. The van der Waals surface area contributed by atoms with Gasteiger partial charge in [0.05, 0.1) is 61.8 Å². The predicted molar refractivity (Wildman–Crippen MR) is 247 cm³/mol. The monoisotopic (exact) mass is 905 g/mol. The number of ether oxygens (including phenoxy) is 5. The van der Waals surface area contributed by atoms with Crippen molar-refractivity contribution >= 4 is 40.8 Å². The van der Waals surface area contributed by atoms with Crippen LogP contribution in [-0.4, -0.2) is 112 Å². The Morgan fingerprint density at radius 3 is 2.73 bits per heavy atom. The standard InChI is InChI=1S/C53H48N2O12/c1-63-42-21-37-35-17-16-29-10-7-14-32(29)44(35)46(40(58)24-55-23-30-9-2-3-12-33(30)51(55)61)48(60)45(37)49-36(42)18-19-41(38-22-54-39-15-5-4-13-34(38)39)64-26-43-47(59)50(53(62,27-56)52(66-43)67-49)65-25-28-8-6-11-31(57)20-28/h2-6,8-9,11-13,15-22,29,32,41,43,47,50,52,56,59,62H,7,10,14,23-27H2,1H3,(H-,57,58,60)/p+1/b19-18+/t29-,32-,41-,43-,47-,50+,52-,53-/m1/s1. The molecular weight excluding hydrogens is 857 g/mol. The van der Waals surface area contributed by atoms with Crippen LogP contribution in [-0.2, 0) is 27.4 Å². The third kappa shape index (κ3) is 7.18. The van der Waals surface area contributed by atoms with Gasteiger partial charge in [0.1, 0.15) is 53.0 Å². The van der Waals surface area contributed by atoms with Crippen molar-refractivity contribution in [2.24, 2.45) is 10.9 Å². The largest absolute Gasteiger partial charge is 0.508 e. The first-order valence-corrected chi connectivity index (χ1v) is 22.6. The Labute approximate surface area is 386 Å². The first-order chi connectivity index (χ1) is 32.6. The molecule has 7 aliphatic rings. The van der Waals surface area contributed by atoms with Gasteiger partial charge in [0.2, 0.25) is 6.29 Å². The number of hydrogen-bond donors (Lipinski definition) is 5. The topological polar surface area (TPSA) is 197 Å². The molecule has 2 bridgehead atoms. The van der Waals surface area contributed by atoms with Crippen molar-refractivity contribution in [3.8, 4) is 23.0 Å². The van der Waals surface area contributed by atoms with Gasteiger partial charge < -0.3 is 54.1 Å². The smallest absolute Gasteiger partial charge is 0.254 e. The molecule has 1 saturated carbocycles. The summed E-state index contributed by atoms with van der Waals surface area (Å²) in [5.41, 5.74) is 3.37. The van der Waals surface area contributed by atoms with Gasteiger partial charge in [0.25, 0.3) is 5.91 Å². The molecule has 4 aromatic carbocycles. The van der Waals surface area contributed by atoms with Crippen molar-refractivity contribution in [3.63, 3.8) is 0 Å². The first-order valence-electron chi connectivity index (χ1n) is 22.6. The van der Waals surface area contributed by atoms with E-state index in [4.69, 9.17) is 23.7 Å². The SMILES string of the molecule is COc1cc2c3c(c(C(=O)CN4Cc5ccccc5C4=O)c(O)c2c2c1/C=C/[C@H](C1=C4[CH+]C=CC=C4N=C1)OC[C@H]1O[C@H](O2)[C@@](O)(CO)[C@@H](OCc2cccc(O)c2)[C@@H]1O)[C@@H]1CCC[C@@H]1C=C3. The first kappa shape index (κ1) is 43.1. The van der Waals surface area contributed by atoms with E-state index in [0.29, 0.717) is 39.0 Å². The van der Waals surface area contributed by atoms with E-state index >= 15 is 4.79 Å². The van der Waals surface area contributed by atoms with Gasteiger partial charge in [-0.05, 0) is 83.3 Å². The van der Waals surface area contributed by atoms with Gasteiger partial charge in [-0.2, -0.15) is 4.99 Å². The number of nitrogens with zero attached hydrogens (tertiary/aromatic N) is 2. The summed E-state index contributed by atoms with van der Waals surface area (Å²) in [7, 11) is 1.50. The van der Waals surface area contributed by atoms with Gasteiger partial charge >= 0.3 is 0 Å². The Bertz CT molecular complexity index is 2910. The number of hydrogen-bond acceptors (Lipinski definition) is 13. The third-order valence-corrected chi connectivity index (χ3v) is 14.2. The van der Waals surface area contributed by atoms with E-state index in [1.165, 1.54) is 24.1 Å². The molecule has 0 aromatic heterocycles. The predicted octanol–water partition coefficient (Wildman–Crippen LogP) is 6.23. The van der Waals surface area contributed by atoms with Gasteiger partial charge in [-0.1, -0.05) is 48.9 Å². The number of ketones is 1. The van der Waals surface area contributed by atoms with Crippen molar-refractivity contribution in [2.75, 3.05) is 26.9 Å². The molecule has 14 heteroatoms. The van der Waals surface area contributed by atoms with Crippen LogP contribution in [0.5, 0.6) is 23.0 Å². The molecule has 1 saturated heterocycles. The molecule has 4 aromatic rings. The van der Waals surface area contributed by atoms with Crippen molar-refractivity contribution in [1.82, 2.24) is 4.90 Å². The van der Waals surface area contributed by atoms with Gasteiger partial charge in [0.15, 0.2) is 17.1 Å². The van der Waals surface area contributed by atoms with Gasteiger partial charge in [-0.25, -0.2) is 0 Å². The molecule has 8 atom stereocenters. The van der Waals surface area contributed by atoms with Crippen LogP contribution in [0.15, 0.2) is 107 Å². The average Bonchev–Trinajstić information content (AvgIpc) is 4.07. The van der Waals surface area contributed by atoms with Crippen molar-refractivity contribution in [3.05, 3.63) is 147 Å². The fourth-order valence-corrected chi connectivity index (χ4v) is 10.9. The van der Waals surface area contributed by atoms with E-state index in [0.717, 1.165) is 36.1 Å². The number of aromatic hydroxyl groups is 2. The van der Waals surface area contributed by atoms with Crippen LogP contribution in [0.1, 0.15) is 73.7 Å². The quantitative estimate of drug-likeness (QED) is 0.0940. The number of benzene rings is 4. The maximum absolute atomic E-state index is 15.0. The average molecular weight is 906 g/mol. The number of fused-ring (bicyclic) bond motifs is 11. The summed E-state index contributed by atoms with van der Waals surface area (Å²) in [6.45, 7) is -1.52. The molecule has 342 valence electrons. The van der Waals surface area contributed by atoms with Crippen LogP contribution in [0.2, 0.25) is 0 Å². The Morgan fingerprint density at radius 2 is 1.91 bits per heavy atom. The van der Waals surface area contributed by atoms with E-state index in [-0.39, 0.29) is 77.8 Å². The maximum atomic E-state index is 15.0. The van der Waals surface area contributed by atoms with E-state index in [9.17, 15) is 30.3 Å². The van der Waals surface area contributed by atoms with E-state index in [1.807, 2.05) is 42.9 Å². The highest BCUT2D eigenvalue weighted by Crippen LogP contribution is 2.55. The Kier molecular flexibility index (Phi) is 10.9. The second-order valence-corrected chi connectivity index (χ2v) is 18.1.